The van der Waals surface area contributed by atoms with Gasteiger partial charge in [0.1, 0.15) is 0 Å². The molecule has 1 aliphatic rings. The van der Waals surface area contributed by atoms with Gasteiger partial charge in [0, 0.05) is 13.0 Å². The molecule has 3 heteroatoms. The Morgan fingerprint density at radius 1 is 1.00 bits per heavy atom. The summed E-state index contributed by atoms with van der Waals surface area (Å²) in [5.74, 6) is 1.70. The number of hydrogen-bond acceptors (Lipinski definition) is 3. The second kappa shape index (κ2) is 6.64. The first-order valence-corrected chi connectivity index (χ1v) is 7.57. The van der Waals surface area contributed by atoms with E-state index in [1.807, 2.05) is 6.07 Å². The molecule has 0 fully saturated rings. The molecule has 0 saturated heterocycles. The SMILES string of the molecule is CCNCc1ccccc1-c1ccc2c(c1)OCCCO2. The Hall–Kier alpha value is -2.00. The summed E-state index contributed by atoms with van der Waals surface area (Å²) in [5, 5.41) is 3.39. The largest absolute Gasteiger partial charge is 0.490 e. The number of hydrogen-bond donors (Lipinski definition) is 1. The highest BCUT2D eigenvalue weighted by Gasteiger charge is 2.12. The lowest BCUT2D eigenvalue weighted by Gasteiger charge is -2.13. The molecule has 1 heterocycles. The number of rotatable bonds is 4. The van der Waals surface area contributed by atoms with Crippen molar-refractivity contribution in [3.8, 4) is 22.6 Å². The van der Waals surface area contributed by atoms with Gasteiger partial charge in [-0.1, -0.05) is 37.3 Å². The molecule has 0 aliphatic carbocycles. The third kappa shape index (κ3) is 3.19. The summed E-state index contributed by atoms with van der Waals surface area (Å²) in [6, 6.07) is 14.7. The maximum absolute atomic E-state index is 5.79. The first-order chi connectivity index (χ1) is 10.4. The molecule has 1 aliphatic heterocycles. The normalized spacial score (nSPS) is 13.8. The minimum absolute atomic E-state index is 0.718. The van der Waals surface area contributed by atoms with Crippen molar-refractivity contribution in [2.45, 2.75) is 19.9 Å². The smallest absolute Gasteiger partial charge is 0.161 e. The fourth-order valence-corrected chi connectivity index (χ4v) is 2.55. The van der Waals surface area contributed by atoms with Gasteiger partial charge in [-0.05, 0) is 35.4 Å². The molecule has 2 aromatic rings. The van der Waals surface area contributed by atoms with Gasteiger partial charge in [0.25, 0.3) is 0 Å². The van der Waals surface area contributed by atoms with Crippen LogP contribution in [0.5, 0.6) is 11.5 Å². The molecule has 1 N–H and O–H groups in total. The van der Waals surface area contributed by atoms with Crippen LogP contribution >= 0.6 is 0 Å². The van der Waals surface area contributed by atoms with Crippen molar-refractivity contribution >= 4 is 0 Å². The highest BCUT2D eigenvalue weighted by molar-refractivity contribution is 5.70. The number of nitrogens with one attached hydrogen (secondary N) is 1. The summed E-state index contributed by atoms with van der Waals surface area (Å²) in [5.41, 5.74) is 3.72. The van der Waals surface area contributed by atoms with Crippen LogP contribution in [0.15, 0.2) is 42.5 Å². The zero-order valence-corrected chi connectivity index (χ0v) is 12.4. The Kier molecular flexibility index (Phi) is 4.41. The standard InChI is InChI=1S/C18H21NO2/c1-2-19-13-15-6-3-4-7-16(15)14-8-9-17-18(12-14)21-11-5-10-20-17/h3-4,6-9,12,19H,2,5,10-11,13H2,1H3. The van der Waals surface area contributed by atoms with Gasteiger partial charge < -0.3 is 14.8 Å². The predicted molar refractivity (Wildman–Crippen MR) is 84.9 cm³/mol. The highest BCUT2D eigenvalue weighted by atomic mass is 16.5. The molecular weight excluding hydrogens is 262 g/mol. The Balaban J connectivity index is 1.95. The van der Waals surface area contributed by atoms with Crippen molar-refractivity contribution in [1.82, 2.24) is 5.32 Å². The van der Waals surface area contributed by atoms with Gasteiger partial charge in [-0.3, -0.25) is 0 Å². The maximum Gasteiger partial charge on any atom is 0.161 e. The van der Waals surface area contributed by atoms with Crippen LogP contribution in [-0.2, 0) is 6.54 Å². The fraction of sp³-hybridized carbons (Fsp3) is 0.333. The molecule has 3 nitrogen and oxygen atoms in total. The zero-order chi connectivity index (χ0) is 14.5. The molecule has 0 amide bonds. The molecule has 0 aromatic heterocycles. The third-order valence-electron chi connectivity index (χ3n) is 3.64. The molecule has 0 unspecified atom stereocenters. The molecule has 3 rings (SSSR count). The summed E-state index contributed by atoms with van der Waals surface area (Å²) in [6.07, 6.45) is 0.932. The van der Waals surface area contributed by atoms with Crippen molar-refractivity contribution in [2.24, 2.45) is 0 Å². The van der Waals surface area contributed by atoms with Gasteiger partial charge in [0.2, 0.25) is 0 Å². The Morgan fingerprint density at radius 2 is 1.81 bits per heavy atom. The number of fused-ring (bicyclic) bond motifs is 1. The summed E-state index contributed by atoms with van der Waals surface area (Å²) in [7, 11) is 0. The Labute approximate surface area is 125 Å². The predicted octanol–water partition coefficient (Wildman–Crippen LogP) is 3.62. The average molecular weight is 283 g/mol. The maximum atomic E-state index is 5.79. The van der Waals surface area contributed by atoms with E-state index in [0.29, 0.717) is 0 Å². The van der Waals surface area contributed by atoms with Gasteiger partial charge in [0.15, 0.2) is 11.5 Å². The van der Waals surface area contributed by atoms with E-state index in [0.717, 1.165) is 44.2 Å². The van der Waals surface area contributed by atoms with Crippen LogP contribution in [-0.4, -0.2) is 19.8 Å². The van der Waals surface area contributed by atoms with Crippen molar-refractivity contribution in [1.29, 1.82) is 0 Å². The van der Waals surface area contributed by atoms with Crippen molar-refractivity contribution in [3.63, 3.8) is 0 Å². The minimum atomic E-state index is 0.718. The molecular formula is C18H21NO2. The van der Waals surface area contributed by atoms with Crippen LogP contribution in [0.3, 0.4) is 0 Å². The van der Waals surface area contributed by atoms with Crippen molar-refractivity contribution < 1.29 is 9.47 Å². The van der Waals surface area contributed by atoms with E-state index in [2.05, 4.69) is 48.6 Å². The minimum Gasteiger partial charge on any atom is -0.490 e. The summed E-state index contributed by atoms with van der Waals surface area (Å²) in [6.45, 7) is 5.41. The highest BCUT2D eigenvalue weighted by Crippen LogP contribution is 2.35. The van der Waals surface area contributed by atoms with Crippen LogP contribution in [0, 0.1) is 0 Å². The molecule has 0 spiro atoms. The van der Waals surface area contributed by atoms with E-state index >= 15 is 0 Å². The van der Waals surface area contributed by atoms with Crippen LogP contribution in [0.1, 0.15) is 18.9 Å². The first-order valence-electron chi connectivity index (χ1n) is 7.57. The lowest BCUT2D eigenvalue weighted by Crippen LogP contribution is -2.12. The van der Waals surface area contributed by atoms with Crippen LogP contribution in [0.4, 0.5) is 0 Å². The van der Waals surface area contributed by atoms with E-state index in [9.17, 15) is 0 Å². The fourth-order valence-electron chi connectivity index (χ4n) is 2.55. The molecule has 0 atom stereocenters. The zero-order valence-electron chi connectivity index (χ0n) is 12.4. The lowest BCUT2D eigenvalue weighted by atomic mass is 9.99. The van der Waals surface area contributed by atoms with E-state index < -0.39 is 0 Å². The quantitative estimate of drug-likeness (QED) is 0.929. The van der Waals surface area contributed by atoms with Crippen LogP contribution < -0.4 is 14.8 Å². The Morgan fingerprint density at radius 3 is 2.67 bits per heavy atom. The third-order valence-corrected chi connectivity index (χ3v) is 3.64. The van der Waals surface area contributed by atoms with Gasteiger partial charge >= 0.3 is 0 Å². The number of ether oxygens (including phenoxy) is 2. The van der Waals surface area contributed by atoms with Gasteiger partial charge in [-0.25, -0.2) is 0 Å². The molecule has 2 aromatic carbocycles. The van der Waals surface area contributed by atoms with E-state index in [1.54, 1.807) is 0 Å². The Bertz CT molecular complexity index is 610. The van der Waals surface area contributed by atoms with Gasteiger partial charge in [0.05, 0.1) is 13.2 Å². The second-order valence-electron chi connectivity index (χ2n) is 5.15. The van der Waals surface area contributed by atoms with Gasteiger partial charge in [-0.2, -0.15) is 0 Å². The topological polar surface area (TPSA) is 30.5 Å². The first kappa shape index (κ1) is 14.0. The molecule has 21 heavy (non-hydrogen) atoms. The monoisotopic (exact) mass is 283 g/mol. The number of benzene rings is 2. The summed E-state index contributed by atoms with van der Waals surface area (Å²) in [4.78, 5) is 0. The second-order valence-corrected chi connectivity index (χ2v) is 5.15. The van der Waals surface area contributed by atoms with E-state index in [4.69, 9.17) is 9.47 Å². The van der Waals surface area contributed by atoms with Crippen molar-refractivity contribution in [3.05, 3.63) is 48.0 Å². The van der Waals surface area contributed by atoms with Crippen molar-refractivity contribution in [2.75, 3.05) is 19.8 Å². The molecule has 0 radical (unpaired) electrons. The van der Waals surface area contributed by atoms with Crippen LogP contribution in [0.2, 0.25) is 0 Å². The average Bonchev–Trinajstić information content (AvgIpc) is 2.77. The van der Waals surface area contributed by atoms with Gasteiger partial charge in [-0.15, -0.1) is 0 Å². The molecule has 0 saturated carbocycles. The van der Waals surface area contributed by atoms with E-state index in [-0.39, 0.29) is 0 Å². The van der Waals surface area contributed by atoms with E-state index in [1.165, 1.54) is 16.7 Å². The van der Waals surface area contributed by atoms with Crippen LogP contribution in [0.25, 0.3) is 11.1 Å². The lowest BCUT2D eigenvalue weighted by molar-refractivity contribution is 0.297. The molecule has 110 valence electrons. The summed E-state index contributed by atoms with van der Waals surface area (Å²) >= 11 is 0. The summed E-state index contributed by atoms with van der Waals surface area (Å²) < 4.78 is 11.5. The molecule has 0 bridgehead atoms.